The van der Waals surface area contributed by atoms with Crippen LogP contribution < -0.4 is 4.90 Å². The van der Waals surface area contributed by atoms with Gasteiger partial charge in [-0.3, -0.25) is 4.90 Å². The standard InChI is InChI=1S/C24H30ClN3/c1-19(2)11-12-27-13-15-28(16-14-27)22-9-7-20(8-10-22)17-21(18-26)23-5-3-4-6-24(23)25/h3-10,19,21H,11-17H2,1-2H3. The van der Waals surface area contributed by atoms with E-state index in [0.717, 1.165) is 37.7 Å². The topological polar surface area (TPSA) is 30.3 Å². The number of hydrogen-bond donors (Lipinski definition) is 0. The van der Waals surface area contributed by atoms with Gasteiger partial charge in [-0.1, -0.05) is 55.8 Å². The van der Waals surface area contributed by atoms with E-state index in [0.29, 0.717) is 11.4 Å². The van der Waals surface area contributed by atoms with E-state index in [1.54, 1.807) is 0 Å². The molecular weight excluding hydrogens is 366 g/mol. The lowest BCUT2D eigenvalue weighted by atomic mass is 9.93. The van der Waals surface area contributed by atoms with Crippen molar-refractivity contribution in [3.63, 3.8) is 0 Å². The van der Waals surface area contributed by atoms with Crippen molar-refractivity contribution in [1.82, 2.24) is 4.90 Å². The minimum absolute atomic E-state index is 0.218. The van der Waals surface area contributed by atoms with Crippen LogP contribution in [-0.4, -0.2) is 37.6 Å². The summed E-state index contributed by atoms with van der Waals surface area (Å²) in [6, 6.07) is 18.7. The molecule has 3 nitrogen and oxygen atoms in total. The van der Waals surface area contributed by atoms with Crippen molar-refractivity contribution in [1.29, 1.82) is 5.26 Å². The summed E-state index contributed by atoms with van der Waals surface area (Å²) in [4.78, 5) is 5.04. The minimum atomic E-state index is -0.218. The Hall–Kier alpha value is -2.02. The fraction of sp³-hybridized carbons (Fsp3) is 0.458. The van der Waals surface area contributed by atoms with Gasteiger partial charge in [0.15, 0.2) is 0 Å². The molecular formula is C24H30ClN3. The van der Waals surface area contributed by atoms with Gasteiger partial charge in [0.2, 0.25) is 0 Å². The highest BCUT2D eigenvalue weighted by atomic mass is 35.5. The first-order valence-corrected chi connectivity index (χ1v) is 10.6. The van der Waals surface area contributed by atoms with Crippen LogP contribution in [0.5, 0.6) is 0 Å². The maximum Gasteiger partial charge on any atom is 0.0767 e. The van der Waals surface area contributed by atoms with Gasteiger partial charge in [0.1, 0.15) is 0 Å². The number of anilines is 1. The lowest BCUT2D eigenvalue weighted by Crippen LogP contribution is -2.46. The summed E-state index contributed by atoms with van der Waals surface area (Å²) >= 11 is 6.28. The van der Waals surface area contributed by atoms with E-state index in [4.69, 9.17) is 11.6 Å². The fourth-order valence-corrected chi connectivity index (χ4v) is 4.00. The minimum Gasteiger partial charge on any atom is -0.369 e. The van der Waals surface area contributed by atoms with Crippen LogP contribution in [0.25, 0.3) is 0 Å². The van der Waals surface area contributed by atoms with Gasteiger partial charge in [0.25, 0.3) is 0 Å². The highest BCUT2D eigenvalue weighted by molar-refractivity contribution is 6.31. The smallest absolute Gasteiger partial charge is 0.0767 e. The Kier molecular flexibility index (Phi) is 7.36. The summed E-state index contributed by atoms with van der Waals surface area (Å²) in [7, 11) is 0. The van der Waals surface area contributed by atoms with Crippen molar-refractivity contribution in [2.45, 2.75) is 32.6 Å². The van der Waals surface area contributed by atoms with Gasteiger partial charge < -0.3 is 4.90 Å². The lowest BCUT2D eigenvalue weighted by molar-refractivity contribution is 0.244. The molecule has 0 aliphatic carbocycles. The molecule has 0 N–H and O–H groups in total. The van der Waals surface area contributed by atoms with Gasteiger partial charge >= 0.3 is 0 Å². The first-order valence-electron chi connectivity index (χ1n) is 10.3. The van der Waals surface area contributed by atoms with Crippen LogP contribution in [0.4, 0.5) is 5.69 Å². The van der Waals surface area contributed by atoms with Crippen molar-refractivity contribution < 1.29 is 0 Å². The fourth-order valence-electron chi connectivity index (χ4n) is 3.73. The Morgan fingerprint density at radius 2 is 1.68 bits per heavy atom. The molecule has 3 rings (SSSR count). The third-order valence-corrected chi connectivity index (χ3v) is 5.92. The van der Waals surface area contributed by atoms with Gasteiger partial charge in [-0.15, -0.1) is 0 Å². The highest BCUT2D eigenvalue weighted by Gasteiger charge is 2.18. The third-order valence-electron chi connectivity index (χ3n) is 5.57. The van der Waals surface area contributed by atoms with E-state index in [9.17, 15) is 5.26 Å². The van der Waals surface area contributed by atoms with E-state index < -0.39 is 0 Å². The molecule has 1 fully saturated rings. The summed E-state index contributed by atoms with van der Waals surface area (Å²) in [5.41, 5.74) is 3.36. The quantitative estimate of drug-likeness (QED) is 0.632. The molecule has 1 aliphatic heterocycles. The maximum absolute atomic E-state index is 9.60. The molecule has 1 heterocycles. The first kappa shape index (κ1) is 20.7. The van der Waals surface area contributed by atoms with Crippen LogP contribution in [0.3, 0.4) is 0 Å². The molecule has 0 bridgehead atoms. The van der Waals surface area contributed by atoms with Crippen LogP contribution in [0.2, 0.25) is 5.02 Å². The zero-order valence-electron chi connectivity index (χ0n) is 16.9. The second kappa shape index (κ2) is 9.96. The summed E-state index contributed by atoms with van der Waals surface area (Å²) in [5, 5.41) is 10.3. The van der Waals surface area contributed by atoms with Gasteiger partial charge in [-0.25, -0.2) is 0 Å². The van der Waals surface area contributed by atoms with E-state index in [1.165, 1.54) is 24.2 Å². The van der Waals surface area contributed by atoms with Crippen LogP contribution in [-0.2, 0) is 6.42 Å². The largest absolute Gasteiger partial charge is 0.369 e. The third kappa shape index (κ3) is 5.50. The number of nitrogens with zero attached hydrogens (tertiary/aromatic N) is 3. The lowest BCUT2D eigenvalue weighted by Gasteiger charge is -2.36. The monoisotopic (exact) mass is 395 g/mol. The van der Waals surface area contributed by atoms with Crippen molar-refractivity contribution in [2.75, 3.05) is 37.6 Å². The Labute approximate surface area is 174 Å². The van der Waals surface area contributed by atoms with E-state index in [2.05, 4.69) is 54.0 Å². The maximum atomic E-state index is 9.60. The highest BCUT2D eigenvalue weighted by Crippen LogP contribution is 2.28. The number of piperazine rings is 1. The molecule has 0 aromatic heterocycles. The normalized spacial score (nSPS) is 16.2. The molecule has 28 heavy (non-hydrogen) atoms. The Balaban J connectivity index is 1.57. The number of halogens is 1. The second-order valence-corrected chi connectivity index (χ2v) is 8.49. The molecule has 148 valence electrons. The average molecular weight is 396 g/mol. The Morgan fingerprint density at radius 1 is 1.00 bits per heavy atom. The Bertz CT molecular complexity index is 786. The SMILES string of the molecule is CC(C)CCN1CCN(c2ccc(CC(C#N)c3ccccc3Cl)cc2)CC1. The van der Waals surface area contributed by atoms with Crippen LogP contribution in [0.15, 0.2) is 48.5 Å². The van der Waals surface area contributed by atoms with E-state index in [-0.39, 0.29) is 5.92 Å². The summed E-state index contributed by atoms with van der Waals surface area (Å²) in [6.45, 7) is 10.2. The molecule has 4 heteroatoms. The van der Waals surface area contributed by atoms with Gasteiger partial charge in [0, 0.05) is 36.9 Å². The molecule has 2 aromatic carbocycles. The van der Waals surface area contributed by atoms with Crippen LogP contribution in [0, 0.1) is 17.2 Å². The molecule has 0 radical (unpaired) electrons. The van der Waals surface area contributed by atoms with Crippen molar-refractivity contribution in [2.24, 2.45) is 5.92 Å². The van der Waals surface area contributed by atoms with Gasteiger partial charge in [-0.2, -0.15) is 5.26 Å². The second-order valence-electron chi connectivity index (χ2n) is 8.08. The molecule has 1 atom stereocenters. The number of nitriles is 1. The number of hydrogen-bond acceptors (Lipinski definition) is 3. The van der Waals surface area contributed by atoms with Crippen molar-refractivity contribution in [3.8, 4) is 6.07 Å². The summed E-state index contributed by atoms with van der Waals surface area (Å²) in [5.74, 6) is 0.553. The van der Waals surface area contributed by atoms with Crippen LogP contribution >= 0.6 is 11.6 Å². The van der Waals surface area contributed by atoms with Gasteiger partial charge in [0.05, 0.1) is 12.0 Å². The van der Waals surface area contributed by atoms with Crippen LogP contribution in [0.1, 0.15) is 37.3 Å². The molecule has 0 saturated carbocycles. The average Bonchev–Trinajstić information content (AvgIpc) is 2.72. The molecule has 2 aromatic rings. The molecule has 1 aliphatic rings. The first-order chi connectivity index (χ1) is 13.6. The summed E-state index contributed by atoms with van der Waals surface area (Å²) < 4.78 is 0. The molecule has 0 spiro atoms. The molecule has 1 unspecified atom stereocenters. The Morgan fingerprint density at radius 3 is 2.29 bits per heavy atom. The molecule has 1 saturated heterocycles. The van der Waals surface area contributed by atoms with E-state index in [1.807, 2.05) is 24.3 Å². The molecule has 0 amide bonds. The van der Waals surface area contributed by atoms with E-state index >= 15 is 0 Å². The summed E-state index contributed by atoms with van der Waals surface area (Å²) in [6.07, 6.45) is 1.96. The predicted molar refractivity (Wildman–Crippen MR) is 118 cm³/mol. The predicted octanol–water partition coefficient (Wildman–Crippen LogP) is 5.36. The number of benzene rings is 2. The van der Waals surface area contributed by atoms with Crippen molar-refractivity contribution >= 4 is 17.3 Å². The van der Waals surface area contributed by atoms with Crippen molar-refractivity contribution in [3.05, 3.63) is 64.7 Å². The zero-order chi connectivity index (χ0) is 19.9. The number of rotatable bonds is 7. The van der Waals surface area contributed by atoms with Gasteiger partial charge in [-0.05, 0) is 54.6 Å². The zero-order valence-corrected chi connectivity index (χ0v) is 17.7.